The fourth-order valence-electron chi connectivity index (χ4n) is 2.65. The number of nitrogens with one attached hydrogen (secondary N) is 2. The third-order valence-corrected chi connectivity index (χ3v) is 5.31. The molecule has 3 aromatic rings. The number of thioether (sulfide) groups is 1. The van der Waals surface area contributed by atoms with Crippen LogP contribution >= 0.6 is 11.8 Å². The summed E-state index contributed by atoms with van der Waals surface area (Å²) >= 11 is 1.50. The maximum absolute atomic E-state index is 12.5. The summed E-state index contributed by atoms with van der Waals surface area (Å²) in [4.78, 5) is 25.9. The maximum Gasteiger partial charge on any atom is 0.255 e. The third kappa shape index (κ3) is 5.62. The highest BCUT2D eigenvalue weighted by molar-refractivity contribution is 8.00. The van der Waals surface area contributed by atoms with Crippen molar-refractivity contribution < 1.29 is 14.3 Å². The van der Waals surface area contributed by atoms with Gasteiger partial charge in [0.1, 0.15) is 5.75 Å². The van der Waals surface area contributed by atoms with Gasteiger partial charge in [-0.25, -0.2) is 0 Å². The van der Waals surface area contributed by atoms with Crippen molar-refractivity contribution >= 4 is 35.0 Å². The van der Waals surface area contributed by atoms with Gasteiger partial charge in [0.25, 0.3) is 5.91 Å². The van der Waals surface area contributed by atoms with Crippen molar-refractivity contribution in [3.05, 3.63) is 84.4 Å². The molecule has 29 heavy (non-hydrogen) atoms. The summed E-state index contributed by atoms with van der Waals surface area (Å²) < 4.78 is 5.25. The first-order chi connectivity index (χ1) is 14.1. The van der Waals surface area contributed by atoms with Crippen LogP contribution in [0.4, 0.5) is 11.4 Å². The number of carbonyl (C=O) groups is 2. The minimum absolute atomic E-state index is 0.0925. The van der Waals surface area contributed by atoms with E-state index in [1.54, 1.807) is 43.5 Å². The van der Waals surface area contributed by atoms with Crippen LogP contribution in [0.1, 0.15) is 17.3 Å². The lowest BCUT2D eigenvalue weighted by molar-refractivity contribution is -0.115. The predicted molar refractivity (Wildman–Crippen MR) is 118 cm³/mol. The zero-order chi connectivity index (χ0) is 20.6. The normalized spacial score (nSPS) is 11.4. The van der Waals surface area contributed by atoms with Crippen LogP contribution in [0.25, 0.3) is 0 Å². The molecule has 0 unspecified atom stereocenters. The number of ether oxygens (including phenoxy) is 1. The van der Waals surface area contributed by atoms with Crippen molar-refractivity contribution in [1.29, 1.82) is 0 Å². The Morgan fingerprint density at radius 1 is 0.862 bits per heavy atom. The van der Waals surface area contributed by atoms with E-state index in [0.29, 0.717) is 22.7 Å². The second kappa shape index (κ2) is 9.80. The van der Waals surface area contributed by atoms with Crippen LogP contribution in [0.3, 0.4) is 0 Å². The zero-order valence-corrected chi connectivity index (χ0v) is 17.0. The Hall–Kier alpha value is -3.25. The van der Waals surface area contributed by atoms with E-state index in [1.807, 2.05) is 49.4 Å². The highest BCUT2D eigenvalue weighted by Gasteiger charge is 2.15. The molecular weight excluding hydrogens is 384 g/mol. The van der Waals surface area contributed by atoms with E-state index in [2.05, 4.69) is 10.6 Å². The van der Waals surface area contributed by atoms with Gasteiger partial charge in [-0.1, -0.05) is 30.3 Å². The minimum atomic E-state index is -0.250. The van der Waals surface area contributed by atoms with Crippen molar-refractivity contribution in [2.75, 3.05) is 17.7 Å². The number of hydrogen-bond acceptors (Lipinski definition) is 4. The van der Waals surface area contributed by atoms with Crippen molar-refractivity contribution in [1.82, 2.24) is 0 Å². The van der Waals surface area contributed by atoms with Gasteiger partial charge in [-0.05, 0) is 55.5 Å². The molecule has 0 aliphatic carbocycles. The maximum atomic E-state index is 12.5. The van der Waals surface area contributed by atoms with Crippen LogP contribution in [0.15, 0.2) is 83.8 Å². The van der Waals surface area contributed by atoms with Gasteiger partial charge in [-0.2, -0.15) is 0 Å². The van der Waals surface area contributed by atoms with Gasteiger partial charge in [-0.15, -0.1) is 11.8 Å². The summed E-state index contributed by atoms with van der Waals surface area (Å²) in [6.45, 7) is 1.86. The van der Waals surface area contributed by atoms with E-state index < -0.39 is 0 Å². The highest BCUT2D eigenvalue weighted by Crippen LogP contribution is 2.25. The molecular formula is C23H22N2O3S. The standard InChI is InChI=1S/C23H22N2O3S/c1-16(29-19-8-4-3-5-9-19)22(26)24-18-14-12-17(13-15-18)23(27)25-20-10-6-7-11-21(20)28-2/h3-16H,1-2H3,(H,24,26)(H,25,27)/t16-/m0/s1. The average Bonchev–Trinajstić information content (AvgIpc) is 2.75. The quantitative estimate of drug-likeness (QED) is 0.538. The first-order valence-electron chi connectivity index (χ1n) is 9.14. The highest BCUT2D eigenvalue weighted by atomic mass is 32.2. The molecule has 0 saturated carbocycles. The average molecular weight is 407 g/mol. The van der Waals surface area contributed by atoms with Crippen molar-refractivity contribution in [2.45, 2.75) is 17.1 Å². The van der Waals surface area contributed by atoms with Crippen LogP contribution in [-0.4, -0.2) is 24.2 Å². The second-order valence-corrected chi connectivity index (χ2v) is 7.71. The van der Waals surface area contributed by atoms with E-state index >= 15 is 0 Å². The van der Waals surface area contributed by atoms with Gasteiger partial charge in [0.2, 0.25) is 5.91 Å². The lowest BCUT2D eigenvalue weighted by Crippen LogP contribution is -2.22. The van der Waals surface area contributed by atoms with Crippen LogP contribution in [0, 0.1) is 0 Å². The minimum Gasteiger partial charge on any atom is -0.495 e. The monoisotopic (exact) mass is 406 g/mol. The Morgan fingerprint density at radius 3 is 2.21 bits per heavy atom. The van der Waals surface area contributed by atoms with Gasteiger partial charge < -0.3 is 15.4 Å². The molecule has 3 rings (SSSR count). The van der Waals surface area contributed by atoms with Gasteiger partial charge in [0, 0.05) is 16.1 Å². The summed E-state index contributed by atoms with van der Waals surface area (Å²) in [5, 5.41) is 5.47. The summed E-state index contributed by atoms with van der Waals surface area (Å²) in [5.74, 6) is 0.250. The number of para-hydroxylation sites is 2. The summed E-state index contributed by atoms with van der Waals surface area (Å²) in [6, 6.07) is 23.8. The Morgan fingerprint density at radius 2 is 1.52 bits per heavy atom. The van der Waals surface area contributed by atoms with Crippen LogP contribution in [-0.2, 0) is 4.79 Å². The van der Waals surface area contributed by atoms with Gasteiger partial charge in [0.05, 0.1) is 18.0 Å². The van der Waals surface area contributed by atoms with Crippen LogP contribution in [0.2, 0.25) is 0 Å². The molecule has 0 aliphatic heterocycles. The van der Waals surface area contributed by atoms with E-state index in [1.165, 1.54) is 11.8 Å². The SMILES string of the molecule is COc1ccccc1NC(=O)c1ccc(NC(=O)[C@H](C)Sc2ccccc2)cc1. The molecule has 0 heterocycles. The van der Waals surface area contributed by atoms with E-state index in [9.17, 15) is 9.59 Å². The molecule has 0 radical (unpaired) electrons. The third-order valence-electron chi connectivity index (χ3n) is 4.20. The molecule has 2 N–H and O–H groups in total. The number of amides is 2. The van der Waals surface area contributed by atoms with Crippen molar-refractivity contribution in [3.8, 4) is 5.75 Å². The van der Waals surface area contributed by atoms with Crippen molar-refractivity contribution in [2.24, 2.45) is 0 Å². The van der Waals surface area contributed by atoms with Crippen LogP contribution in [0.5, 0.6) is 5.75 Å². The topological polar surface area (TPSA) is 67.4 Å². The first kappa shape index (κ1) is 20.5. The number of methoxy groups -OCH3 is 1. The summed E-state index contributed by atoms with van der Waals surface area (Å²) in [7, 11) is 1.56. The molecule has 0 bridgehead atoms. The Bertz CT molecular complexity index is 975. The van der Waals surface area contributed by atoms with Gasteiger partial charge in [-0.3, -0.25) is 9.59 Å². The van der Waals surface area contributed by atoms with E-state index in [-0.39, 0.29) is 17.1 Å². The fourth-order valence-corrected chi connectivity index (χ4v) is 3.54. The fraction of sp³-hybridized carbons (Fsp3) is 0.130. The molecule has 148 valence electrons. The molecule has 1 atom stereocenters. The molecule has 0 aromatic heterocycles. The lowest BCUT2D eigenvalue weighted by Gasteiger charge is -2.13. The summed E-state index contributed by atoms with van der Waals surface area (Å²) in [5.41, 5.74) is 1.73. The van der Waals surface area contributed by atoms with Gasteiger partial charge >= 0.3 is 0 Å². The molecule has 0 saturated heterocycles. The zero-order valence-electron chi connectivity index (χ0n) is 16.2. The molecule has 0 spiro atoms. The predicted octanol–water partition coefficient (Wildman–Crippen LogP) is 5.07. The van der Waals surface area contributed by atoms with E-state index in [0.717, 1.165) is 4.90 Å². The molecule has 5 nitrogen and oxygen atoms in total. The number of benzene rings is 3. The van der Waals surface area contributed by atoms with Crippen molar-refractivity contribution in [3.63, 3.8) is 0 Å². The van der Waals surface area contributed by atoms with Gasteiger partial charge in [0.15, 0.2) is 0 Å². The molecule has 0 fully saturated rings. The Labute approximate surface area is 174 Å². The lowest BCUT2D eigenvalue weighted by atomic mass is 10.2. The van der Waals surface area contributed by atoms with E-state index in [4.69, 9.17) is 4.74 Å². The number of hydrogen-bond donors (Lipinski definition) is 2. The summed E-state index contributed by atoms with van der Waals surface area (Å²) in [6.07, 6.45) is 0. The largest absolute Gasteiger partial charge is 0.495 e. The Balaban J connectivity index is 1.59. The number of carbonyl (C=O) groups excluding carboxylic acids is 2. The first-order valence-corrected chi connectivity index (χ1v) is 10.0. The molecule has 2 amide bonds. The van der Waals surface area contributed by atoms with Crippen LogP contribution < -0.4 is 15.4 Å². The second-order valence-electron chi connectivity index (χ2n) is 6.29. The molecule has 6 heteroatoms. The molecule has 0 aliphatic rings. The number of rotatable bonds is 7. The smallest absolute Gasteiger partial charge is 0.255 e. The Kier molecular flexibility index (Phi) is 6.92. The number of anilines is 2. The molecule has 3 aromatic carbocycles.